The highest BCUT2D eigenvalue weighted by Crippen LogP contribution is 2.55. The van der Waals surface area contributed by atoms with Gasteiger partial charge in [-0.2, -0.15) is 0 Å². The van der Waals surface area contributed by atoms with Crippen molar-refractivity contribution >= 4 is 10.9 Å². The number of aromatic nitrogens is 5. The van der Waals surface area contributed by atoms with Crippen molar-refractivity contribution in [3.8, 4) is 11.6 Å². The maximum absolute atomic E-state index is 4.46. The lowest BCUT2D eigenvalue weighted by Gasteiger charge is -2.06. The van der Waals surface area contributed by atoms with Crippen molar-refractivity contribution in [2.75, 3.05) is 0 Å². The number of pyridine rings is 1. The zero-order valence-corrected chi connectivity index (χ0v) is 13.4. The SMILES string of the molecule is c1cnc(-c2ncc([C@H]3C[C@H]3c3cccc4ncccc34)cn2)nc1. The molecule has 1 fully saturated rings. The Morgan fingerprint density at radius 2 is 1.44 bits per heavy atom. The van der Waals surface area contributed by atoms with Gasteiger partial charge in [-0.05, 0) is 47.6 Å². The van der Waals surface area contributed by atoms with Crippen LogP contribution >= 0.6 is 0 Å². The molecule has 0 radical (unpaired) electrons. The van der Waals surface area contributed by atoms with Crippen LogP contribution in [-0.4, -0.2) is 24.9 Å². The molecule has 25 heavy (non-hydrogen) atoms. The first-order valence-electron chi connectivity index (χ1n) is 8.33. The first-order chi connectivity index (χ1) is 12.4. The van der Waals surface area contributed by atoms with E-state index in [4.69, 9.17) is 0 Å². The van der Waals surface area contributed by atoms with Crippen LogP contribution in [0.4, 0.5) is 0 Å². The average molecular weight is 325 g/mol. The van der Waals surface area contributed by atoms with Crippen molar-refractivity contribution in [3.05, 3.63) is 78.5 Å². The summed E-state index contributed by atoms with van der Waals surface area (Å²) in [6.45, 7) is 0. The van der Waals surface area contributed by atoms with Crippen LogP contribution in [0.3, 0.4) is 0 Å². The van der Waals surface area contributed by atoms with Crippen molar-refractivity contribution in [2.45, 2.75) is 18.3 Å². The summed E-state index contributed by atoms with van der Waals surface area (Å²) >= 11 is 0. The van der Waals surface area contributed by atoms with Gasteiger partial charge in [0, 0.05) is 36.4 Å². The summed E-state index contributed by atoms with van der Waals surface area (Å²) in [5.41, 5.74) is 3.59. The third kappa shape index (κ3) is 2.54. The van der Waals surface area contributed by atoms with Gasteiger partial charge in [0.25, 0.3) is 0 Å². The maximum Gasteiger partial charge on any atom is 0.197 e. The van der Waals surface area contributed by atoms with Crippen molar-refractivity contribution in [1.82, 2.24) is 24.9 Å². The lowest BCUT2D eigenvalue weighted by molar-refractivity contribution is 0.981. The number of rotatable bonds is 3. The Kier molecular flexibility index (Phi) is 3.23. The Bertz CT molecular complexity index is 1030. The van der Waals surface area contributed by atoms with E-state index in [2.05, 4.69) is 49.2 Å². The molecule has 1 aliphatic rings. The zero-order valence-electron chi connectivity index (χ0n) is 13.4. The van der Waals surface area contributed by atoms with E-state index in [9.17, 15) is 0 Å². The highest BCUT2D eigenvalue weighted by molar-refractivity contribution is 5.83. The topological polar surface area (TPSA) is 64.5 Å². The van der Waals surface area contributed by atoms with Gasteiger partial charge in [-0.25, -0.2) is 19.9 Å². The summed E-state index contributed by atoms with van der Waals surface area (Å²) in [6.07, 6.45) is 10.2. The summed E-state index contributed by atoms with van der Waals surface area (Å²) in [4.78, 5) is 21.7. The van der Waals surface area contributed by atoms with Gasteiger partial charge in [0.15, 0.2) is 11.6 Å². The smallest absolute Gasteiger partial charge is 0.197 e. The van der Waals surface area contributed by atoms with Gasteiger partial charge >= 0.3 is 0 Å². The third-order valence-electron chi connectivity index (χ3n) is 4.74. The number of benzene rings is 1. The zero-order chi connectivity index (χ0) is 16.6. The molecule has 5 nitrogen and oxygen atoms in total. The van der Waals surface area contributed by atoms with E-state index in [1.54, 1.807) is 18.5 Å². The minimum atomic E-state index is 0.469. The molecule has 1 aromatic carbocycles. The molecule has 5 heteroatoms. The van der Waals surface area contributed by atoms with E-state index in [1.165, 1.54) is 16.5 Å². The first kappa shape index (κ1) is 14.2. The quantitative estimate of drug-likeness (QED) is 0.574. The summed E-state index contributed by atoms with van der Waals surface area (Å²) in [5, 5.41) is 1.24. The molecular formula is C20H15N5. The summed E-state index contributed by atoms with van der Waals surface area (Å²) in [5.74, 6) is 2.10. The number of nitrogens with zero attached hydrogens (tertiary/aromatic N) is 5. The fraction of sp³-hybridized carbons (Fsp3) is 0.150. The van der Waals surface area contributed by atoms with Crippen molar-refractivity contribution in [3.63, 3.8) is 0 Å². The second kappa shape index (κ2) is 5.70. The standard InChI is InChI=1S/C20H15N5/c1-4-14(15-5-2-7-21-18(15)6-1)17-10-16(17)13-11-24-20(25-12-13)19-22-8-3-9-23-19/h1-9,11-12,16-17H,10H2/t16-,17+/m1/s1. The molecule has 4 aromatic rings. The Labute approximate surface area is 144 Å². The lowest BCUT2D eigenvalue weighted by Crippen LogP contribution is -1.96. The van der Waals surface area contributed by atoms with E-state index >= 15 is 0 Å². The van der Waals surface area contributed by atoms with Crippen LogP contribution in [0.2, 0.25) is 0 Å². The maximum atomic E-state index is 4.46. The van der Waals surface area contributed by atoms with Gasteiger partial charge in [-0.1, -0.05) is 18.2 Å². The molecule has 0 amide bonds. The average Bonchev–Trinajstić information content (AvgIpc) is 3.49. The molecule has 0 bridgehead atoms. The molecule has 0 spiro atoms. The molecule has 3 heterocycles. The van der Waals surface area contributed by atoms with E-state index in [0.717, 1.165) is 11.9 Å². The monoisotopic (exact) mass is 325 g/mol. The molecule has 0 N–H and O–H groups in total. The summed E-state index contributed by atoms with van der Waals surface area (Å²) < 4.78 is 0. The molecule has 0 aliphatic heterocycles. The summed E-state index contributed by atoms with van der Waals surface area (Å²) in [7, 11) is 0. The van der Waals surface area contributed by atoms with Crippen LogP contribution in [0.1, 0.15) is 29.4 Å². The number of fused-ring (bicyclic) bond motifs is 1. The van der Waals surface area contributed by atoms with Crippen LogP contribution in [-0.2, 0) is 0 Å². The predicted octanol–water partition coefficient (Wildman–Crippen LogP) is 3.75. The van der Waals surface area contributed by atoms with Crippen molar-refractivity contribution < 1.29 is 0 Å². The first-order valence-corrected chi connectivity index (χ1v) is 8.33. The molecule has 0 unspecified atom stereocenters. The van der Waals surface area contributed by atoms with Crippen LogP contribution in [0.5, 0.6) is 0 Å². The van der Waals surface area contributed by atoms with Gasteiger partial charge in [0.2, 0.25) is 0 Å². The van der Waals surface area contributed by atoms with Crippen molar-refractivity contribution in [2.24, 2.45) is 0 Å². The van der Waals surface area contributed by atoms with Gasteiger partial charge in [0.05, 0.1) is 5.52 Å². The van der Waals surface area contributed by atoms with Crippen molar-refractivity contribution in [1.29, 1.82) is 0 Å². The van der Waals surface area contributed by atoms with E-state index in [-0.39, 0.29) is 0 Å². The molecule has 120 valence electrons. The Balaban J connectivity index is 1.43. The summed E-state index contributed by atoms with van der Waals surface area (Å²) in [6, 6.07) is 12.3. The molecule has 5 rings (SSSR count). The van der Waals surface area contributed by atoms with Crippen LogP contribution in [0, 0.1) is 0 Å². The van der Waals surface area contributed by atoms with Gasteiger partial charge in [-0.15, -0.1) is 0 Å². The minimum absolute atomic E-state index is 0.469. The van der Waals surface area contributed by atoms with Crippen LogP contribution in [0.15, 0.2) is 67.4 Å². The second-order valence-corrected chi connectivity index (χ2v) is 6.28. The molecule has 3 aromatic heterocycles. The predicted molar refractivity (Wildman–Crippen MR) is 94.9 cm³/mol. The molecule has 2 atom stereocenters. The van der Waals surface area contributed by atoms with E-state index < -0.39 is 0 Å². The van der Waals surface area contributed by atoms with Crippen LogP contribution < -0.4 is 0 Å². The fourth-order valence-electron chi connectivity index (χ4n) is 3.42. The Hall–Kier alpha value is -3.21. The van der Waals surface area contributed by atoms with Gasteiger partial charge < -0.3 is 0 Å². The van der Waals surface area contributed by atoms with Gasteiger partial charge in [-0.3, -0.25) is 4.98 Å². The second-order valence-electron chi connectivity index (χ2n) is 6.28. The number of hydrogen-bond acceptors (Lipinski definition) is 5. The molecule has 0 saturated heterocycles. The Morgan fingerprint density at radius 3 is 2.28 bits per heavy atom. The fourth-order valence-corrected chi connectivity index (χ4v) is 3.42. The highest BCUT2D eigenvalue weighted by atomic mass is 15.0. The van der Waals surface area contributed by atoms with Gasteiger partial charge in [0.1, 0.15) is 0 Å². The normalized spacial score (nSPS) is 19.0. The van der Waals surface area contributed by atoms with Crippen LogP contribution in [0.25, 0.3) is 22.6 Å². The number of hydrogen-bond donors (Lipinski definition) is 0. The lowest BCUT2D eigenvalue weighted by atomic mass is 10.0. The molecular weight excluding hydrogens is 310 g/mol. The molecule has 1 aliphatic carbocycles. The molecule has 1 saturated carbocycles. The highest BCUT2D eigenvalue weighted by Gasteiger charge is 2.40. The third-order valence-corrected chi connectivity index (χ3v) is 4.74. The Morgan fingerprint density at radius 1 is 0.680 bits per heavy atom. The largest absolute Gasteiger partial charge is 0.256 e. The minimum Gasteiger partial charge on any atom is -0.256 e. The van der Waals surface area contributed by atoms with E-state index in [1.807, 2.05) is 24.7 Å². The van der Waals surface area contributed by atoms with E-state index in [0.29, 0.717) is 23.5 Å².